The van der Waals surface area contributed by atoms with E-state index in [1.54, 1.807) is 0 Å². The first-order valence-corrected chi connectivity index (χ1v) is 9.05. The van der Waals surface area contributed by atoms with E-state index in [9.17, 15) is 0 Å². The van der Waals surface area contributed by atoms with Crippen LogP contribution in [0.25, 0.3) is 0 Å². The van der Waals surface area contributed by atoms with Gasteiger partial charge in [-0.25, -0.2) is 0 Å². The van der Waals surface area contributed by atoms with E-state index in [0.717, 1.165) is 32.7 Å². The molecule has 0 aliphatic carbocycles. The summed E-state index contributed by atoms with van der Waals surface area (Å²) in [6, 6.07) is 8.76. The van der Waals surface area contributed by atoms with Gasteiger partial charge < -0.3 is 4.74 Å². The molecule has 2 aromatic heterocycles. The third kappa shape index (κ3) is 4.16. The molecule has 1 saturated heterocycles. The predicted molar refractivity (Wildman–Crippen MR) is 86.6 cm³/mol. The fourth-order valence-electron chi connectivity index (χ4n) is 2.66. The second-order valence-electron chi connectivity index (χ2n) is 5.28. The van der Waals surface area contributed by atoms with Crippen molar-refractivity contribution in [1.82, 2.24) is 4.90 Å². The molecule has 0 bridgehead atoms. The Morgan fingerprint density at radius 1 is 1.15 bits per heavy atom. The monoisotopic (exact) mass is 307 g/mol. The first-order chi connectivity index (χ1) is 9.90. The summed E-state index contributed by atoms with van der Waals surface area (Å²) in [7, 11) is 0. The van der Waals surface area contributed by atoms with Crippen LogP contribution in [0.5, 0.6) is 0 Å². The summed E-state index contributed by atoms with van der Waals surface area (Å²) in [5.41, 5.74) is 0. The third-order valence-electron chi connectivity index (χ3n) is 3.70. The first kappa shape index (κ1) is 14.3. The van der Waals surface area contributed by atoms with Gasteiger partial charge in [0.05, 0.1) is 6.10 Å². The van der Waals surface area contributed by atoms with Crippen molar-refractivity contribution < 1.29 is 4.74 Å². The smallest absolute Gasteiger partial charge is 0.0702 e. The van der Waals surface area contributed by atoms with Crippen LogP contribution in [-0.2, 0) is 17.7 Å². The maximum Gasteiger partial charge on any atom is 0.0702 e. The molecule has 1 unspecified atom stereocenters. The quantitative estimate of drug-likeness (QED) is 0.765. The normalized spacial score (nSPS) is 18.9. The van der Waals surface area contributed by atoms with Crippen LogP contribution in [0.3, 0.4) is 0 Å². The standard InChI is InChI=1S/C16H21NOS2/c1-4-14(18-9-1)12-17(13-16-6-3-11-20-16)8-7-15-5-2-10-19-15/h2-3,5-6,10-11,14H,1,4,7-9,12-13H2. The van der Waals surface area contributed by atoms with Crippen LogP contribution in [0, 0.1) is 0 Å². The number of hydrogen-bond donors (Lipinski definition) is 0. The highest BCUT2D eigenvalue weighted by Crippen LogP contribution is 2.18. The van der Waals surface area contributed by atoms with Crippen molar-refractivity contribution in [3.63, 3.8) is 0 Å². The van der Waals surface area contributed by atoms with Crippen LogP contribution in [0.2, 0.25) is 0 Å². The van der Waals surface area contributed by atoms with E-state index in [-0.39, 0.29) is 0 Å². The molecule has 3 heterocycles. The summed E-state index contributed by atoms with van der Waals surface area (Å²) < 4.78 is 5.80. The zero-order valence-corrected chi connectivity index (χ0v) is 13.3. The Balaban J connectivity index is 1.56. The van der Waals surface area contributed by atoms with Crippen molar-refractivity contribution in [3.8, 4) is 0 Å². The molecule has 108 valence electrons. The summed E-state index contributed by atoms with van der Waals surface area (Å²) in [4.78, 5) is 5.49. The average Bonchev–Trinajstić information content (AvgIpc) is 3.20. The van der Waals surface area contributed by atoms with E-state index in [2.05, 4.69) is 39.9 Å². The van der Waals surface area contributed by atoms with Gasteiger partial charge in [-0.1, -0.05) is 12.1 Å². The Morgan fingerprint density at radius 3 is 2.60 bits per heavy atom. The average molecular weight is 307 g/mol. The van der Waals surface area contributed by atoms with Crippen LogP contribution in [0.1, 0.15) is 22.6 Å². The largest absolute Gasteiger partial charge is 0.377 e. The zero-order valence-electron chi connectivity index (χ0n) is 11.7. The molecule has 0 radical (unpaired) electrons. The van der Waals surface area contributed by atoms with Crippen molar-refractivity contribution >= 4 is 22.7 Å². The highest BCUT2D eigenvalue weighted by atomic mass is 32.1. The molecule has 20 heavy (non-hydrogen) atoms. The molecule has 0 saturated carbocycles. The van der Waals surface area contributed by atoms with Crippen LogP contribution >= 0.6 is 22.7 Å². The number of hydrogen-bond acceptors (Lipinski definition) is 4. The fraction of sp³-hybridized carbons (Fsp3) is 0.500. The van der Waals surface area contributed by atoms with Crippen LogP contribution < -0.4 is 0 Å². The Morgan fingerprint density at radius 2 is 1.95 bits per heavy atom. The summed E-state index contributed by atoms with van der Waals surface area (Å²) >= 11 is 3.71. The van der Waals surface area contributed by atoms with Crippen LogP contribution in [-0.4, -0.2) is 30.7 Å². The van der Waals surface area contributed by atoms with E-state index in [1.807, 2.05) is 22.7 Å². The molecule has 2 aromatic rings. The molecular formula is C16H21NOS2. The summed E-state index contributed by atoms with van der Waals surface area (Å²) in [6.07, 6.45) is 4.04. The predicted octanol–water partition coefficient (Wildman–Crippen LogP) is 4.03. The lowest BCUT2D eigenvalue weighted by molar-refractivity contribution is 0.0713. The minimum atomic E-state index is 0.443. The second-order valence-corrected chi connectivity index (χ2v) is 7.34. The Hall–Kier alpha value is -0.680. The van der Waals surface area contributed by atoms with E-state index >= 15 is 0 Å². The van der Waals surface area contributed by atoms with E-state index in [1.165, 1.54) is 22.6 Å². The lowest BCUT2D eigenvalue weighted by Crippen LogP contribution is -2.33. The van der Waals surface area contributed by atoms with Gasteiger partial charge in [-0.2, -0.15) is 0 Å². The Labute approximate surface area is 129 Å². The molecule has 4 heteroatoms. The Bertz CT molecular complexity index is 475. The molecule has 2 nitrogen and oxygen atoms in total. The molecule has 0 aromatic carbocycles. The van der Waals surface area contributed by atoms with Gasteiger partial charge in [-0.15, -0.1) is 22.7 Å². The molecule has 3 rings (SSSR count). The van der Waals surface area contributed by atoms with Gasteiger partial charge in [0.2, 0.25) is 0 Å². The Kier molecular flexibility index (Phi) is 5.25. The molecule has 1 atom stereocenters. The van der Waals surface area contributed by atoms with Crippen LogP contribution in [0.15, 0.2) is 35.0 Å². The molecule has 1 aliphatic rings. The van der Waals surface area contributed by atoms with Gasteiger partial charge in [0.25, 0.3) is 0 Å². The molecule has 0 spiro atoms. The lowest BCUT2D eigenvalue weighted by Gasteiger charge is -2.24. The summed E-state index contributed by atoms with van der Waals surface area (Å²) in [5.74, 6) is 0. The SMILES string of the molecule is c1csc(CCN(Cc2cccs2)CC2CCCO2)c1. The summed E-state index contributed by atoms with van der Waals surface area (Å²) in [5, 5.41) is 4.33. The minimum Gasteiger partial charge on any atom is -0.377 e. The van der Waals surface area contributed by atoms with Crippen molar-refractivity contribution in [2.24, 2.45) is 0 Å². The number of rotatable bonds is 7. The molecular weight excluding hydrogens is 286 g/mol. The molecule has 1 fully saturated rings. The van der Waals surface area contributed by atoms with Gasteiger partial charge >= 0.3 is 0 Å². The highest BCUT2D eigenvalue weighted by molar-refractivity contribution is 7.10. The van der Waals surface area contributed by atoms with Crippen molar-refractivity contribution in [2.75, 3.05) is 19.7 Å². The van der Waals surface area contributed by atoms with Crippen molar-refractivity contribution in [3.05, 3.63) is 44.8 Å². The number of thiophene rings is 2. The first-order valence-electron chi connectivity index (χ1n) is 7.29. The second kappa shape index (κ2) is 7.36. The van der Waals surface area contributed by atoms with Gasteiger partial charge in [-0.05, 0) is 42.2 Å². The topological polar surface area (TPSA) is 12.5 Å². The fourth-order valence-corrected chi connectivity index (χ4v) is 4.10. The van der Waals surface area contributed by atoms with Gasteiger partial charge in [0.1, 0.15) is 0 Å². The van der Waals surface area contributed by atoms with Crippen molar-refractivity contribution in [1.29, 1.82) is 0 Å². The van der Waals surface area contributed by atoms with Crippen LogP contribution in [0.4, 0.5) is 0 Å². The zero-order chi connectivity index (χ0) is 13.6. The number of nitrogens with zero attached hydrogens (tertiary/aromatic N) is 1. The molecule has 1 aliphatic heterocycles. The van der Waals surface area contributed by atoms with Gasteiger partial charge in [0, 0.05) is 36.0 Å². The van der Waals surface area contributed by atoms with E-state index < -0.39 is 0 Å². The van der Waals surface area contributed by atoms with Gasteiger partial charge in [0.15, 0.2) is 0 Å². The molecule has 0 amide bonds. The minimum absolute atomic E-state index is 0.443. The molecule has 0 N–H and O–H groups in total. The number of ether oxygens (including phenoxy) is 1. The third-order valence-corrected chi connectivity index (χ3v) is 5.50. The maximum atomic E-state index is 5.80. The van der Waals surface area contributed by atoms with E-state index in [0.29, 0.717) is 6.10 Å². The van der Waals surface area contributed by atoms with Crippen molar-refractivity contribution in [2.45, 2.75) is 31.9 Å². The highest BCUT2D eigenvalue weighted by Gasteiger charge is 2.19. The lowest BCUT2D eigenvalue weighted by atomic mass is 10.2. The van der Waals surface area contributed by atoms with Gasteiger partial charge in [-0.3, -0.25) is 4.90 Å². The summed E-state index contributed by atoms with van der Waals surface area (Å²) in [6.45, 7) is 4.20. The van der Waals surface area contributed by atoms with E-state index in [4.69, 9.17) is 4.74 Å². The maximum absolute atomic E-state index is 5.80.